The minimum Gasteiger partial charge on any atom is -0.328 e. The van der Waals surface area contributed by atoms with Crippen LogP contribution in [0.3, 0.4) is 0 Å². The summed E-state index contributed by atoms with van der Waals surface area (Å²) in [4.78, 5) is 14.8. The molecule has 1 amide bonds. The summed E-state index contributed by atoms with van der Waals surface area (Å²) in [5, 5.41) is 2.44. The third-order valence-corrected chi connectivity index (χ3v) is 4.24. The number of nitrogens with one attached hydrogen (secondary N) is 3. The summed E-state index contributed by atoms with van der Waals surface area (Å²) in [7, 11) is 2.10. The van der Waals surface area contributed by atoms with Crippen LogP contribution in [0, 0.1) is 0 Å². The maximum absolute atomic E-state index is 12.9. The van der Waals surface area contributed by atoms with Gasteiger partial charge in [-0.25, -0.2) is 0 Å². The molecular formula is C15H22F3N3O+2. The number of para-hydroxylation sites is 1. The van der Waals surface area contributed by atoms with E-state index >= 15 is 0 Å². The maximum Gasteiger partial charge on any atom is 0.418 e. The van der Waals surface area contributed by atoms with Crippen LogP contribution in [0.2, 0.25) is 0 Å². The summed E-state index contributed by atoms with van der Waals surface area (Å²) in [6.45, 7) is 5.39. The van der Waals surface area contributed by atoms with Gasteiger partial charge in [-0.1, -0.05) is 12.1 Å². The Labute approximate surface area is 127 Å². The monoisotopic (exact) mass is 317 g/mol. The van der Waals surface area contributed by atoms with Crippen molar-refractivity contribution in [3.05, 3.63) is 29.8 Å². The summed E-state index contributed by atoms with van der Waals surface area (Å²) in [6.07, 6.45) is -4.48. The summed E-state index contributed by atoms with van der Waals surface area (Å²) < 4.78 is 38.8. The molecule has 0 aliphatic carbocycles. The quantitative estimate of drug-likeness (QED) is 0.687. The fraction of sp³-hybridized carbons (Fsp3) is 0.533. The molecule has 0 aromatic heterocycles. The van der Waals surface area contributed by atoms with Crippen molar-refractivity contribution in [2.45, 2.75) is 19.1 Å². The first kappa shape index (κ1) is 16.8. The molecule has 1 saturated heterocycles. The van der Waals surface area contributed by atoms with Gasteiger partial charge in [0, 0.05) is 0 Å². The third kappa shape index (κ3) is 3.98. The van der Waals surface area contributed by atoms with Gasteiger partial charge in [0.15, 0.2) is 6.04 Å². The molecule has 1 heterocycles. The van der Waals surface area contributed by atoms with Crippen molar-refractivity contribution < 1.29 is 27.8 Å². The van der Waals surface area contributed by atoms with Crippen LogP contribution in [-0.4, -0.2) is 45.2 Å². The molecule has 7 heteroatoms. The van der Waals surface area contributed by atoms with E-state index in [1.807, 2.05) is 0 Å². The van der Waals surface area contributed by atoms with E-state index in [0.717, 1.165) is 37.1 Å². The zero-order chi connectivity index (χ0) is 16.3. The van der Waals surface area contributed by atoms with Crippen LogP contribution in [0.25, 0.3) is 0 Å². The number of hydrogen-bond donors (Lipinski definition) is 3. The number of alkyl halides is 3. The van der Waals surface area contributed by atoms with Crippen molar-refractivity contribution in [1.82, 2.24) is 0 Å². The van der Waals surface area contributed by atoms with Crippen LogP contribution in [0.4, 0.5) is 18.9 Å². The number of halogens is 3. The molecule has 122 valence electrons. The minimum atomic E-state index is -4.48. The second-order valence-electron chi connectivity index (χ2n) is 5.87. The Balaban J connectivity index is 2.06. The molecule has 0 unspecified atom stereocenters. The Morgan fingerprint density at radius 2 is 1.77 bits per heavy atom. The van der Waals surface area contributed by atoms with Gasteiger partial charge in [0.25, 0.3) is 5.91 Å². The molecule has 2 rings (SSSR count). The molecule has 1 aromatic rings. The lowest BCUT2D eigenvalue weighted by Crippen LogP contribution is -3.29. The Morgan fingerprint density at radius 3 is 2.36 bits per heavy atom. The third-order valence-electron chi connectivity index (χ3n) is 4.24. The second kappa shape index (κ2) is 6.66. The first-order chi connectivity index (χ1) is 10.3. The first-order valence-corrected chi connectivity index (χ1v) is 7.42. The van der Waals surface area contributed by atoms with E-state index in [4.69, 9.17) is 0 Å². The first-order valence-electron chi connectivity index (χ1n) is 7.42. The number of amides is 1. The van der Waals surface area contributed by atoms with Gasteiger partial charge in [0.2, 0.25) is 0 Å². The smallest absolute Gasteiger partial charge is 0.328 e. The van der Waals surface area contributed by atoms with Crippen molar-refractivity contribution in [2.75, 3.05) is 38.5 Å². The van der Waals surface area contributed by atoms with E-state index in [1.54, 1.807) is 6.92 Å². The fourth-order valence-electron chi connectivity index (χ4n) is 2.70. The summed E-state index contributed by atoms with van der Waals surface area (Å²) in [5.74, 6) is -0.369. The molecule has 0 bridgehead atoms. The van der Waals surface area contributed by atoms with E-state index < -0.39 is 11.7 Å². The summed E-state index contributed by atoms with van der Waals surface area (Å²) >= 11 is 0. The predicted octanol–water partition coefficient (Wildman–Crippen LogP) is -0.554. The molecule has 1 aliphatic rings. The van der Waals surface area contributed by atoms with Gasteiger partial charge in [0.05, 0.1) is 18.3 Å². The van der Waals surface area contributed by atoms with E-state index in [-0.39, 0.29) is 17.6 Å². The van der Waals surface area contributed by atoms with Gasteiger partial charge in [-0.15, -0.1) is 0 Å². The highest BCUT2D eigenvalue weighted by Crippen LogP contribution is 2.34. The zero-order valence-corrected chi connectivity index (χ0v) is 12.8. The Hall–Kier alpha value is -1.60. The fourth-order valence-corrected chi connectivity index (χ4v) is 2.70. The standard InChI is InChI=1S/C15H20F3N3O/c1-11(21-9-7-20(2)8-10-21)14(22)19-13-6-4-3-5-12(13)15(16,17)18/h3-6,11H,7-10H2,1-2H3,(H,19,22)/p+2/t11-/m0/s1. The predicted molar refractivity (Wildman–Crippen MR) is 76.9 cm³/mol. The topological polar surface area (TPSA) is 38.0 Å². The van der Waals surface area contributed by atoms with E-state index in [1.165, 1.54) is 23.1 Å². The number of quaternary nitrogens is 2. The summed E-state index contributed by atoms with van der Waals surface area (Å²) in [6, 6.07) is 4.70. The average molecular weight is 317 g/mol. The molecule has 1 aliphatic heterocycles. The van der Waals surface area contributed by atoms with Gasteiger partial charge in [-0.3, -0.25) is 4.79 Å². The van der Waals surface area contributed by atoms with E-state index in [0.29, 0.717) is 0 Å². The Kier molecular flexibility index (Phi) is 5.08. The highest BCUT2D eigenvalue weighted by Gasteiger charge is 2.35. The SMILES string of the molecule is C[C@@H](C(=O)Nc1ccccc1C(F)(F)F)[NH+]1CC[NH+](C)CC1. The average Bonchev–Trinajstić information content (AvgIpc) is 2.46. The highest BCUT2D eigenvalue weighted by atomic mass is 19.4. The molecule has 0 saturated carbocycles. The van der Waals surface area contributed by atoms with E-state index in [2.05, 4.69) is 12.4 Å². The van der Waals surface area contributed by atoms with Crippen molar-refractivity contribution in [1.29, 1.82) is 0 Å². The number of benzene rings is 1. The number of piperazine rings is 1. The van der Waals surface area contributed by atoms with Crippen molar-refractivity contribution in [3.63, 3.8) is 0 Å². The van der Waals surface area contributed by atoms with Crippen molar-refractivity contribution in [2.24, 2.45) is 0 Å². The van der Waals surface area contributed by atoms with Crippen LogP contribution < -0.4 is 15.1 Å². The molecule has 3 N–H and O–H groups in total. The number of likely N-dealkylation sites (N-methyl/N-ethyl adjacent to an activating group) is 1. The van der Waals surface area contributed by atoms with Crippen LogP contribution >= 0.6 is 0 Å². The van der Waals surface area contributed by atoms with Gasteiger partial charge >= 0.3 is 6.18 Å². The van der Waals surface area contributed by atoms with Crippen LogP contribution in [-0.2, 0) is 11.0 Å². The zero-order valence-electron chi connectivity index (χ0n) is 12.8. The molecule has 22 heavy (non-hydrogen) atoms. The number of carbonyl (C=O) groups excluding carboxylic acids is 1. The Bertz CT molecular complexity index is 525. The van der Waals surface area contributed by atoms with Crippen LogP contribution in [0.15, 0.2) is 24.3 Å². The maximum atomic E-state index is 12.9. The van der Waals surface area contributed by atoms with Crippen LogP contribution in [0.5, 0.6) is 0 Å². The lowest BCUT2D eigenvalue weighted by Gasteiger charge is -2.31. The molecule has 1 fully saturated rings. The molecule has 1 atom stereocenters. The lowest BCUT2D eigenvalue weighted by molar-refractivity contribution is -1.01. The molecule has 1 aromatic carbocycles. The number of anilines is 1. The van der Waals surface area contributed by atoms with Gasteiger partial charge in [0.1, 0.15) is 26.2 Å². The number of carbonyl (C=O) groups is 1. The van der Waals surface area contributed by atoms with Crippen molar-refractivity contribution >= 4 is 11.6 Å². The molecule has 4 nitrogen and oxygen atoms in total. The number of rotatable bonds is 3. The summed E-state index contributed by atoms with van der Waals surface area (Å²) in [5.41, 5.74) is -0.987. The Morgan fingerprint density at radius 1 is 1.18 bits per heavy atom. The van der Waals surface area contributed by atoms with E-state index in [9.17, 15) is 18.0 Å². The van der Waals surface area contributed by atoms with Gasteiger partial charge in [-0.2, -0.15) is 13.2 Å². The largest absolute Gasteiger partial charge is 0.418 e. The molecule has 0 radical (unpaired) electrons. The van der Waals surface area contributed by atoms with Gasteiger partial charge in [-0.05, 0) is 19.1 Å². The normalized spacial score (nSPS) is 23.9. The second-order valence-corrected chi connectivity index (χ2v) is 5.87. The molecular weight excluding hydrogens is 295 g/mol. The van der Waals surface area contributed by atoms with Gasteiger partial charge < -0.3 is 15.1 Å². The minimum absolute atomic E-state index is 0.175. The molecule has 0 spiro atoms. The number of hydrogen-bond acceptors (Lipinski definition) is 1. The highest BCUT2D eigenvalue weighted by molar-refractivity contribution is 5.94. The van der Waals surface area contributed by atoms with Crippen LogP contribution in [0.1, 0.15) is 12.5 Å². The van der Waals surface area contributed by atoms with Crippen molar-refractivity contribution in [3.8, 4) is 0 Å². The lowest BCUT2D eigenvalue weighted by atomic mass is 10.1.